The predicted molar refractivity (Wildman–Crippen MR) is 142 cm³/mol. The summed E-state index contributed by atoms with van der Waals surface area (Å²) in [4.78, 5) is 16.9. The van der Waals surface area contributed by atoms with Gasteiger partial charge in [-0.05, 0) is 85.3 Å². The van der Waals surface area contributed by atoms with Crippen molar-refractivity contribution in [2.24, 2.45) is 0 Å². The SMILES string of the molecule is c1ccc(CN2C3CCC2CC(N2c4ccccc4Sc4cc(-c5ccncc5)ccc42)C3)nc1. The van der Waals surface area contributed by atoms with Crippen molar-refractivity contribution < 1.29 is 0 Å². The van der Waals surface area contributed by atoms with Gasteiger partial charge in [0.05, 0.1) is 17.1 Å². The summed E-state index contributed by atoms with van der Waals surface area (Å²) in [5.41, 5.74) is 6.38. The third kappa shape index (κ3) is 3.83. The van der Waals surface area contributed by atoms with E-state index < -0.39 is 0 Å². The largest absolute Gasteiger partial charge is 0.336 e. The highest BCUT2D eigenvalue weighted by molar-refractivity contribution is 7.99. The number of para-hydroxylation sites is 1. The predicted octanol–water partition coefficient (Wildman–Crippen LogP) is 6.94. The Morgan fingerprint density at radius 1 is 0.714 bits per heavy atom. The standard InChI is InChI=1S/C30H28N4S/c1-2-7-29-27(6-1)34(28-11-8-22(17-30(28)35-29)21-12-15-31-16-13-21)26-18-24-9-10-25(19-26)33(24)20-23-5-3-4-14-32-23/h1-8,11-17,24-26H,9-10,18-20H2. The number of fused-ring (bicyclic) bond motifs is 4. The lowest BCUT2D eigenvalue weighted by Crippen LogP contribution is -2.49. The Morgan fingerprint density at radius 2 is 1.49 bits per heavy atom. The van der Waals surface area contributed by atoms with Crippen molar-refractivity contribution in [2.75, 3.05) is 4.90 Å². The lowest BCUT2D eigenvalue weighted by Gasteiger charge is -2.46. The molecule has 4 nitrogen and oxygen atoms in total. The Labute approximate surface area is 211 Å². The second kappa shape index (κ2) is 8.81. The van der Waals surface area contributed by atoms with Crippen LogP contribution in [0.15, 0.2) is 101 Å². The molecule has 0 amide bonds. The highest BCUT2D eigenvalue weighted by Crippen LogP contribution is 2.52. The molecule has 3 aliphatic rings. The molecule has 2 unspecified atom stereocenters. The fourth-order valence-corrected chi connectivity index (χ4v) is 7.41. The second-order valence-corrected chi connectivity index (χ2v) is 10.9. The molecule has 0 spiro atoms. The van der Waals surface area contributed by atoms with Gasteiger partial charge in [-0.15, -0.1) is 0 Å². The van der Waals surface area contributed by atoms with Crippen LogP contribution >= 0.6 is 11.8 Å². The lowest BCUT2D eigenvalue weighted by atomic mass is 9.94. The van der Waals surface area contributed by atoms with Crippen LogP contribution in [0, 0.1) is 0 Å². The van der Waals surface area contributed by atoms with Gasteiger partial charge in [0, 0.05) is 53.1 Å². The van der Waals surface area contributed by atoms with Crippen LogP contribution in [-0.4, -0.2) is 33.0 Å². The number of anilines is 2. The lowest BCUT2D eigenvalue weighted by molar-refractivity contribution is 0.118. The van der Waals surface area contributed by atoms with E-state index in [4.69, 9.17) is 0 Å². The van der Waals surface area contributed by atoms with Gasteiger partial charge in [-0.1, -0.05) is 36.0 Å². The quantitative estimate of drug-likeness (QED) is 0.318. The molecule has 2 bridgehead atoms. The van der Waals surface area contributed by atoms with Crippen molar-refractivity contribution >= 4 is 23.1 Å². The number of aromatic nitrogens is 2. The fraction of sp³-hybridized carbons (Fsp3) is 0.267. The Bertz CT molecular complexity index is 1330. The van der Waals surface area contributed by atoms with E-state index in [1.807, 2.05) is 36.4 Å². The van der Waals surface area contributed by atoms with Gasteiger partial charge in [-0.25, -0.2) is 0 Å². The number of nitrogens with zero attached hydrogens (tertiary/aromatic N) is 4. The fourth-order valence-electron chi connectivity index (χ4n) is 6.30. The van der Waals surface area contributed by atoms with Crippen LogP contribution in [0.4, 0.5) is 11.4 Å². The molecular weight excluding hydrogens is 448 g/mol. The molecule has 0 radical (unpaired) electrons. The molecular formula is C30H28N4S. The average molecular weight is 477 g/mol. The molecule has 2 saturated heterocycles. The molecule has 35 heavy (non-hydrogen) atoms. The van der Waals surface area contributed by atoms with E-state index in [1.165, 1.54) is 63.7 Å². The number of hydrogen-bond donors (Lipinski definition) is 0. The van der Waals surface area contributed by atoms with Crippen LogP contribution in [0.2, 0.25) is 0 Å². The van der Waals surface area contributed by atoms with Gasteiger partial charge in [-0.3, -0.25) is 14.9 Å². The molecule has 0 N–H and O–H groups in total. The van der Waals surface area contributed by atoms with Crippen LogP contribution < -0.4 is 4.90 Å². The Balaban J connectivity index is 1.22. The monoisotopic (exact) mass is 476 g/mol. The summed E-state index contributed by atoms with van der Waals surface area (Å²) >= 11 is 1.90. The van der Waals surface area contributed by atoms with Crippen molar-refractivity contribution in [3.8, 4) is 11.1 Å². The number of hydrogen-bond acceptors (Lipinski definition) is 5. The zero-order chi connectivity index (χ0) is 23.2. The van der Waals surface area contributed by atoms with E-state index in [9.17, 15) is 0 Å². The van der Waals surface area contributed by atoms with Crippen molar-refractivity contribution in [2.45, 2.75) is 60.1 Å². The van der Waals surface area contributed by atoms with E-state index in [1.54, 1.807) is 0 Å². The third-order valence-corrected chi connectivity index (χ3v) is 8.99. The molecule has 174 valence electrons. The smallest absolute Gasteiger partial charge is 0.0555 e. The van der Waals surface area contributed by atoms with Crippen LogP contribution in [0.25, 0.3) is 11.1 Å². The first kappa shape index (κ1) is 21.2. The minimum absolute atomic E-state index is 0.514. The zero-order valence-corrected chi connectivity index (χ0v) is 20.4. The summed E-state index contributed by atoms with van der Waals surface area (Å²) in [6, 6.07) is 28.2. The van der Waals surface area contributed by atoms with Gasteiger partial charge >= 0.3 is 0 Å². The molecule has 5 heterocycles. The highest BCUT2D eigenvalue weighted by atomic mass is 32.2. The summed E-state index contributed by atoms with van der Waals surface area (Å²) in [6.07, 6.45) is 10.7. The first-order valence-electron chi connectivity index (χ1n) is 12.6. The van der Waals surface area contributed by atoms with E-state index >= 15 is 0 Å². The first-order chi connectivity index (χ1) is 17.3. The van der Waals surface area contributed by atoms with E-state index in [2.05, 4.69) is 86.5 Å². The molecule has 2 fully saturated rings. The summed E-state index contributed by atoms with van der Waals surface area (Å²) in [5, 5.41) is 0. The number of rotatable bonds is 4. The van der Waals surface area contributed by atoms with Crippen LogP contribution in [0.3, 0.4) is 0 Å². The van der Waals surface area contributed by atoms with Crippen molar-refractivity contribution in [3.05, 3.63) is 97.1 Å². The van der Waals surface area contributed by atoms with Crippen molar-refractivity contribution in [1.82, 2.24) is 14.9 Å². The van der Waals surface area contributed by atoms with Crippen LogP contribution in [0.5, 0.6) is 0 Å². The van der Waals surface area contributed by atoms with Crippen molar-refractivity contribution in [1.29, 1.82) is 0 Å². The normalized spacial score (nSPS) is 23.1. The van der Waals surface area contributed by atoms with E-state index in [-0.39, 0.29) is 0 Å². The Hall–Kier alpha value is -3.15. The average Bonchev–Trinajstić information content (AvgIpc) is 3.14. The van der Waals surface area contributed by atoms with Gasteiger partial charge in [-0.2, -0.15) is 0 Å². The second-order valence-electron chi connectivity index (χ2n) is 9.86. The molecule has 0 aliphatic carbocycles. The van der Waals surface area contributed by atoms with Gasteiger partial charge in [0.1, 0.15) is 0 Å². The molecule has 4 aromatic rings. The van der Waals surface area contributed by atoms with Gasteiger partial charge in [0.15, 0.2) is 0 Å². The number of benzene rings is 2. The maximum absolute atomic E-state index is 4.61. The summed E-state index contributed by atoms with van der Waals surface area (Å²) < 4.78 is 0. The molecule has 7 rings (SSSR count). The van der Waals surface area contributed by atoms with Gasteiger partial charge in [0.2, 0.25) is 0 Å². The van der Waals surface area contributed by atoms with Crippen LogP contribution in [0.1, 0.15) is 31.4 Å². The summed E-state index contributed by atoms with van der Waals surface area (Å²) in [7, 11) is 0. The minimum atomic E-state index is 0.514. The van der Waals surface area contributed by atoms with Crippen LogP contribution in [-0.2, 0) is 6.54 Å². The van der Waals surface area contributed by atoms with Crippen molar-refractivity contribution in [3.63, 3.8) is 0 Å². The van der Waals surface area contributed by atoms with Gasteiger partial charge < -0.3 is 4.90 Å². The maximum atomic E-state index is 4.61. The molecule has 2 atom stereocenters. The molecule has 2 aromatic carbocycles. The Kier molecular flexibility index (Phi) is 5.33. The van der Waals surface area contributed by atoms with E-state index in [0.717, 1.165) is 6.54 Å². The van der Waals surface area contributed by atoms with E-state index in [0.29, 0.717) is 18.1 Å². The molecule has 2 aromatic heterocycles. The summed E-state index contributed by atoms with van der Waals surface area (Å²) in [6.45, 7) is 0.973. The Morgan fingerprint density at radius 3 is 2.29 bits per heavy atom. The molecule has 0 saturated carbocycles. The molecule has 3 aliphatic heterocycles. The number of pyridine rings is 2. The zero-order valence-electron chi connectivity index (χ0n) is 19.6. The number of piperidine rings is 1. The maximum Gasteiger partial charge on any atom is 0.0555 e. The minimum Gasteiger partial charge on any atom is -0.336 e. The topological polar surface area (TPSA) is 32.3 Å². The van der Waals surface area contributed by atoms with Gasteiger partial charge in [0.25, 0.3) is 0 Å². The summed E-state index contributed by atoms with van der Waals surface area (Å²) in [5.74, 6) is 0. The third-order valence-electron chi connectivity index (χ3n) is 7.87. The molecule has 5 heteroatoms. The highest BCUT2D eigenvalue weighted by Gasteiger charge is 2.44. The first-order valence-corrected chi connectivity index (χ1v) is 13.4.